The minimum Gasteiger partial charge on any atom is -0.403 e. The van der Waals surface area contributed by atoms with Crippen molar-refractivity contribution in [2.24, 2.45) is 0 Å². The second-order valence-electron chi connectivity index (χ2n) is 5.96. The number of thioether (sulfide) groups is 2. The van der Waals surface area contributed by atoms with Crippen LogP contribution in [0.3, 0.4) is 0 Å². The van der Waals surface area contributed by atoms with Crippen LogP contribution < -0.4 is 11.3 Å². The molecule has 5 rings (SSSR count). The molecular weight excluding hydrogens is 372 g/mol. The van der Waals surface area contributed by atoms with Crippen molar-refractivity contribution < 1.29 is 8.83 Å². The molecule has 0 saturated heterocycles. The first kappa shape index (κ1) is 15.9. The Morgan fingerprint density at radius 3 is 1.81 bits per heavy atom. The van der Waals surface area contributed by atoms with Crippen LogP contribution in [0.2, 0.25) is 0 Å². The van der Waals surface area contributed by atoms with Gasteiger partial charge in [-0.3, -0.25) is 0 Å². The fraction of sp³-hybridized carbons (Fsp3) is 0.222. The SMILES string of the molecule is O=c1oc(-c2cccc(-c3nc4c(c(=O)o3)CCS4)c2)nc2c1CCS2. The summed E-state index contributed by atoms with van der Waals surface area (Å²) in [7, 11) is 0. The largest absolute Gasteiger partial charge is 0.403 e. The second-order valence-corrected chi connectivity index (χ2v) is 8.13. The Kier molecular flexibility index (Phi) is 3.75. The van der Waals surface area contributed by atoms with E-state index in [4.69, 9.17) is 8.83 Å². The predicted octanol–water partition coefficient (Wildman–Crippen LogP) is 3.01. The summed E-state index contributed by atoms with van der Waals surface area (Å²) in [5, 5.41) is 1.47. The number of aromatic nitrogens is 2. The molecule has 0 amide bonds. The van der Waals surface area contributed by atoms with Crippen molar-refractivity contribution in [2.45, 2.75) is 22.9 Å². The van der Waals surface area contributed by atoms with Crippen LogP contribution in [0, 0.1) is 0 Å². The molecule has 0 bridgehead atoms. The van der Waals surface area contributed by atoms with Gasteiger partial charge in [-0.2, -0.15) is 0 Å². The lowest BCUT2D eigenvalue weighted by Crippen LogP contribution is -2.09. The number of rotatable bonds is 2. The Labute approximate surface area is 156 Å². The van der Waals surface area contributed by atoms with E-state index in [1.807, 2.05) is 0 Å². The first-order valence-corrected chi connectivity index (χ1v) is 10.1. The average molecular weight is 384 g/mol. The summed E-state index contributed by atoms with van der Waals surface area (Å²) < 4.78 is 10.8. The van der Waals surface area contributed by atoms with Gasteiger partial charge in [0.05, 0.1) is 11.1 Å². The Morgan fingerprint density at radius 1 is 0.808 bits per heavy atom. The quantitative estimate of drug-likeness (QED) is 0.666. The van der Waals surface area contributed by atoms with Gasteiger partial charge in [-0.1, -0.05) is 6.07 Å². The highest BCUT2D eigenvalue weighted by Gasteiger charge is 2.22. The van der Waals surface area contributed by atoms with Gasteiger partial charge in [0.2, 0.25) is 11.8 Å². The van der Waals surface area contributed by atoms with Crippen LogP contribution in [-0.4, -0.2) is 21.5 Å². The Hall–Kier alpha value is -2.32. The van der Waals surface area contributed by atoms with Gasteiger partial charge in [0.25, 0.3) is 0 Å². The zero-order valence-corrected chi connectivity index (χ0v) is 15.1. The molecule has 3 aromatic rings. The molecule has 0 saturated carbocycles. The van der Waals surface area contributed by atoms with Crippen LogP contribution in [0.15, 0.2) is 52.7 Å². The van der Waals surface area contributed by atoms with E-state index in [2.05, 4.69) is 9.97 Å². The molecule has 2 aromatic heterocycles. The lowest BCUT2D eigenvalue weighted by molar-refractivity contribution is 0.487. The minimum atomic E-state index is -0.334. The molecule has 1 aromatic carbocycles. The predicted molar refractivity (Wildman–Crippen MR) is 98.8 cm³/mol. The molecule has 4 heterocycles. The summed E-state index contributed by atoms with van der Waals surface area (Å²) in [6, 6.07) is 7.19. The van der Waals surface area contributed by atoms with Crippen molar-refractivity contribution in [3.63, 3.8) is 0 Å². The molecular formula is C18H12N2O4S2. The van der Waals surface area contributed by atoms with E-state index in [1.165, 1.54) is 0 Å². The van der Waals surface area contributed by atoms with E-state index in [9.17, 15) is 9.59 Å². The van der Waals surface area contributed by atoms with Crippen molar-refractivity contribution in [2.75, 3.05) is 11.5 Å². The van der Waals surface area contributed by atoms with Crippen molar-refractivity contribution in [3.8, 4) is 22.9 Å². The maximum absolute atomic E-state index is 12.1. The topological polar surface area (TPSA) is 86.2 Å². The fourth-order valence-corrected chi connectivity index (χ4v) is 5.04. The highest BCUT2D eigenvalue weighted by molar-refractivity contribution is 7.99. The maximum atomic E-state index is 12.1. The minimum absolute atomic E-state index is 0.267. The van der Waals surface area contributed by atoms with Crippen molar-refractivity contribution in [1.82, 2.24) is 9.97 Å². The van der Waals surface area contributed by atoms with Gasteiger partial charge in [-0.05, 0) is 31.0 Å². The summed E-state index contributed by atoms with van der Waals surface area (Å²) in [6.45, 7) is 0. The van der Waals surface area contributed by atoms with Gasteiger partial charge in [-0.15, -0.1) is 23.5 Å². The summed E-state index contributed by atoms with van der Waals surface area (Å²) in [6.07, 6.45) is 1.38. The highest BCUT2D eigenvalue weighted by atomic mass is 32.2. The van der Waals surface area contributed by atoms with E-state index in [1.54, 1.807) is 47.8 Å². The monoisotopic (exact) mass is 384 g/mol. The third-order valence-electron chi connectivity index (χ3n) is 4.33. The van der Waals surface area contributed by atoms with Gasteiger partial charge in [0, 0.05) is 22.6 Å². The third-order valence-corrected chi connectivity index (χ3v) is 6.37. The summed E-state index contributed by atoms with van der Waals surface area (Å²) in [5.41, 5.74) is 1.93. The number of hydrogen-bond donors (Lipinski definition) is 0. The molecule has 2 aliphatic heterocycles. The average Bonchev–Trinajstić information content (AvgIpc) is 3.31. The molecule has 0 N–H and O–H groups in total. The summed E-state index contributed by atoms with van der Waals surface area (Å²) in [4.78, 5) is 33.2. The van der Waals surface area contributed by atoms with Gasteiger partial charge < -0.3 is 8.83 Å². The molecule has 0 spiro atoms. The fourth-order valence-electron chi connectivity index (χ4n) is 3.03. The molecule has 0 aliphatic carbocycles. The molecule has 26 heavy (non-hydrogen) atoms. The van der Waals surface area contributed by atoms with Crippen molar-refractivity contribution in [1.29, 1.82) is 0 Å². The number of benzene rings is 1. The Bertz CT molecular complexity index is 1070. The second kappa shape index (κ2) is 6.14. The lowest BCUT2D eigenvalue weighted by Gasteiger charge is -2.05. The molecule has 6 nitrogen and oxygen atoms in total. The van der Waals surface area contributed by atoms with Gasteiger partial charge >= 0.3 is 11.3 Å². The molecule has 0 fully saturated rings. The highest BCUT2D eigenvalue weighted by Crippen LogP contribution is 2.32. The van der Waals surface area contributed by atoms with Crippen molar-refractivity contribution >= 4 is 23.5 Å². The van der Waals surface area contributed by atoms with Gasteiger partial charge in [0.15, 0.2) is 0 Å². The van der Waals surface area contributed by atoms with E-state index in [0.717, 1.165) is 21.6 Å². The zero-order chi connectivity index (χ0) is 17.7. The van der Waals surface area contributed by atoms with E-state index in [0.29, 0.717) is 35.1 Å². The number of nitrogens with zero attached hydrogens (tertiary/aromatic N) is 2. The van der Waals surface area contributed by atoms with Crippen LogP contribution in [0.25, 0.3) is 22.9 Å². The maximum Gasteiger partial charge on any atom is 0.343 e. The first-order valence-electron chi connectivity index (χ1n) is 8.13. The first-order chi connectivity index (χ1) is 12.7. The standard InChI is InChI=1S/C18H12N2O4S2/c21-17-11-4-6-25-15(11)19-13(23-17)9-2-1-3-10(8-9)14-20-16-12(5-7-26-16)18(22)24-14/h1-3,8H,4-7H2. The molecule has 0 unspecified atom stereocenters. The number of fused-ring (bicyclic) bond motifs is 2. The Morgan fingerprint density at radius 2 is 1.31 bits per heavy atom. The third kappa shape index (κ3) is 2.60. The van der Waals surface area contributed by atoms with Crippen LogP contribution >= 0.6 is 23.5 Å². The summed E-state index contributed by atoms with van der Waals surface area (Å²) in [5.74, 6) is 2.22. The normalized spacial score (nSPS) is 15.1. The lowest BCUT2D eigenvalue weighted by atomic mass is 10.1. The molecule has 0 radical (unpaired) electrons. The smallest absolute Gasteiger partial charge is 0.343 e. The van der Waals surface area contributed by atoms with Crippen LogP contribution in [0.1, 0.15) is 11.1 Å². The number of hydrogen-bond acceptors (Lipinski definition) is 8. The van der Waals surface area contributed by atoms with Crippen LogP contribution in [0.5, 0.6) is 0 Å². The molecule has 8 heteroatoms. The van der Waals surface area contributed by atoms with Crippen molar-refractivity contribution in [3.05, 3.63) is 56.2 Å². The zero-order valence-electron chi connectivity index (χ0n) is 13.5. The molecule has 130 valence electrons. The van der Waals surface area contributed by atoms with Gasteiger partial charge in [0.1, 0.15) is 10.1 Å². The van der Waals surface area contributed by atoms with Crippen LogP contribution in [0.4, 0.5) is 0 Å². The van der Waals surface area contributed by atoms with Gasteiger partial charge in [-0.25, -0.2) is 19.6 Å². The van der Waals surface area contributed by atoms with E-state index >= 15 is 0 Å². The van der Waals surface area contributed by atoms with E-state index < -0.39 is 0 Å². The summed E-state index contributed by atoms with van der Waals surface area (Å²) >= 11 is 3.12. The Balaban J connectivity index is 1.61. The van der Waals surface area contributed by atoms with Crippen LogP contribution in [-0.2, 0) is 12.8 Å². The molecule has 2 aliphatic rings. The van der Waals surface area contributed by atoms with E-state index in [-0.39, 0.29) is 23.0 Å². The molecule has 0 atom stereocenters.